The lowest BCUT2D eigenvalue weighted by molar-refractivity contribution is -0.0596. The van der Waals surface area contributed by atoms with E-state index in [2.05, 4.69) is 29.9 Å². The molecule has 0 aliphatic carbocycles. The maximum absolute atomic E-state index is 12.3. The Kier molecular flexibility index (Phi) is 8.36. The molecule has 3 unspecified atom stereocenters. The molecule has 0 saturated carbocycles. The number of methoxy groups -OCH3 is 2. The molecule has 4 aromatic heterocycles. The molecule has 0 aromatic carbocycles. The number of H-pyrrole nitrogens is 1. The first-order chi connectivity index (χ1) is 21.1. The number of hydrogen-bond donors (Lipinski definition) is 6. The highest BCUT2D eigenvalue weighted by atomic mass is 32.5. The van der Waals surface area contributed by atoms with Crippen molar-refractivity contribution in [2.24, 2.45) is 0 Å². The van der Waals surface area contributed by atoms with E-state index < -0.39 is 74.6 Å². The average molecular weight is 657 g/mol. The van der Waals surface area contributed by atoms with E-state index in [9.17, 15) is 19.9 Å². The summed E-state index contributed by atoms with van der Waals surface area (Å²) in [5, 5.41) is 21.0. The Morgan fingerprint density at radius 1 is 1.00 bits per heavy atom. The fraction of sp³-hybridized carbons (Fsp3) is 0.545. The fourth-order valence-corrected chi connectivity index (χ4v) is 6.77. The van der Waals surface area contributed by atoms with E-state index in [1.807, 2.05) is 0 Å². The van der Waals surface area contributed by atoms with Gasteiger partial charge in [0.15, 0.2) is 35.1 Å². The van der Waals surface area contributed by atoms with E-state index in [-0.39, 0.29) is 22.9 Å². The zero-order valence-electron chi connectivity index (χ0n) is 23.1. The molecular formula is C22H29N10O10PS. The minimum Gasteiger partial charge on any atom is -0.394 e. The van der Waals surface area contributed by atoms with Crippen LogP contribution >= 0.6 is 6.72 Å². The number of nitrogens with zero attached hydrogens (tertiary/aromatic N) is 7. The second kappa shape index (κ2) is 11.9. The second-order valence-electron chi connectivity index (χ2n) is 9.90. The van der Waals surface area contributed by atoms with Crippen molar-refractivity contribution >= 4 is 52.6 Å². The predicted molar refractivity (Wildman–Crippen MR) is 152 cm³/mol. The van der Waals surface area contributed by atoms with Crippen LogP contribution in [0.15, 0.2) is 23.8 Å². The van der Waals surface area contributed by atoms with Gasteiger partial charge in [0.1, 0.15) is 48.5 Å². The summed E-state index contributed by atoms with van der Waals surface area (Å²) < 4.78 is 37.4. The molecule has 20 nitrogen and oxygen atoms in total. The number of aromatic nitrogens is 8. The first-order valence-electron chi connectivity index (χ1n) is 13.0. The lowest BCUT2D eigenvalue weighted by Gasteiger charge is -2.27. The third-order valence-corrected chi connectivity index (χ3v) is 8.93. The molecule has 0 radical (unpaired) electrons. The number of nitrogen functional groups attached to an aromatic ring is 2. The van der Waals surface area contributed by atoms with Crippen LogP contribution < -0.4 is 17.0 Å². The van der Waals surface area contributed by atoms with Crippen molar-refractivity contribution < 1.29 is 43.1 Å². The maximum atomic E-state index is 12.3. The van der Waals surface area contributed by atoms with Gasteiger partial charge in [-0.05, 0) is 11.8 Å². The molecule has 2 saturated heterocycles. The van der Waals surface area contributed by atoms with Crippen molar-refractivity contribution in [1.82, 2.24) is 39.0 Å². The molecule has 0 spiro atoms. The van der Waals surface area contributed by atoms with Gasteiger partial charge in [0.05, 0.1) is 25.9 Å². The van der Waals surface area contributed by atoms with E-state index in [0.29, 0.717) is 11.2 Å². The second-order valence-corrected chi connectivity index (χ2v) is 12.7. The van der Waals surface area contributed by atoms with Crippen LogP contribution in [0.2, 0.25) is 0 Å². The molecule has 4 aromatic rings. The molecular weight excluding hydrogens is 627 g/mol. The molecule has 8 N–H and O–H groups in total. The highest BCUT2D eigenvalue weighted by Crippen LogP contribution is 2.50. The van der Waals surface area contributed by atoms with Crippen molar-refractivity contribution in [3.63, 3.8) is 0 Å². The number of ether oxygens (including phenoxy) is 4. The van der Waals surface area contributed by atoms with Crippen LogP contribution in [0.3, 0.4) is 0 Å². The van der Waals surface area contributed by atoms with Crippen molar-refractivity contribution in [3.05, 3.63) is 29.3 Å². The van der Waals surface area contributed by atoms with E-state index in [1.54, 1.807) is 0 Å². The predicted octanol–water partition coefficient (Wildman–Crippen LogP) is -2.08. The molecule has 238 valence electrons. The molecule has 2 aliphatic rings. The summed E-state index contributed by atoms with van der Waals surface area (Å²) in [5.74, 6) is 0.0260. The number of nitrogens with one attached hydrogen (secondary N) is 1. The van der Waals surface area contributed by atoms with Gasteiger partial charge in [0, 0.05) is 14.2 Å². The number of hydrogen-bond acceptors (Lipinski definition) is 17. The number of aliphatic hydroxyl groups excluding tert-OH is 2. The SMILES string of the molecule is CO[C@H]1C(O)[C@@H](COP(O)(=S)OC2[C@@H](CO)O[C@@H](n3cnc4c(=O)[nH]c(N)nc43)[C@H]2OC)O[C@H]1n1cnc2c(N)ncnc21. The van der Waals surface area contributed by atoms with Crippen LogP contribution in [0.25, 0.3) is 22.3 Å². The molecule has 0 amide bonds. The summed E-state index contributed by atoms with van der Waals surface area (Å²) in [6.45, 7) is -5.03. The Labute approximate surface area is 252 Å². The number of nitrogens with two attached hydrogens (primary N) is 2. The van der Waals surface area contributed by atoms with E-state index in [1.165, 1.54) is 42.3 Å². The molecule has 2 fully saturated rings. The highest BCUT2D eigenvalue weighted by Gasteiger charge is 2.50. The third-order valence-electron chi connectivity index (χ3n) is 7.37. The zero-order valence-corrected chi connectivity index (χ0v) is 24.8. The van der Waals surface area contributed by atoms with Gasteiger partial charge in [-0.25, -0.2) is 19.9 Å². The van der Waals surface area contributed by atoms with Gasteiger partial charge in [-0.15, -0.1) is 0 Å². The monoisotopic (exact) mass is 656 g/mol. The minimum absolute atomic E-state index is 0.000530. The summed E-state index contributed by atoms with van der Waals surface area (Å²) in [7, 11) is 2.76. The number of aromatic amines is 1. The van der Waals surface area contributed by atoms with Crippen LogP contribution in [0, 0.1) is 0 Å². The first-order valence-corrected chi connectivity index (χ1v) is 15.6. The first kappa shape index (κ1) is 30.8. The summed E-state index contributed by atoms with van der Waals surface area (Å²) in [6, 6.07) is 0. The van der Waals surface area contributed by atoms with Crippen LogP contribution in [0.1, 0.15) is 12.5 Å². The van der Waals surface area contributed by atoms with Gasteiger partial charge in [0.2, 0.25) is 5.95 Å². The Morgan fingerprint density at radius 3 is 2.36 bits per heavy atom. The molecule has 2 aliphatic heterocycles. The maximum Gasteiger partial charge on any atom is 0.325 e. The van der Waals surface area contributed by atoms with E-state index in [4.69, 9.17) is 51.3 Å². The van der Waals surface area contributed by atoms with Crippen LogP contribution in [-0.2, 0) is 39.8 Å². The quantitative estimate of drug-likeness (QED) is 0.0999. The molecule has 6 rings (SSSR count). The Balaban J connectivity index is 1.18. The number of anilines is 2. The number of aliphatic hydroxyl groups is 2. The number of rotatable bonds is 10. The van der Waals surface area contributed by atoms with Gasteiger partial charge in [-0.1, -0.05) is 0 Å². The fourth-order valence-electron chi connectivity index (χ4n) is 5.33. The van der Waals surface area contributed by atoms with E-state index >= 15 is 0 Å². The molecule has 44 heavy (non-hydrogen) atoms. The van der Waals surface area contributed by atoms with Crippen molar-refractivity contribution in [1.29, 1.82) is 0 Å². The average Bonchev–Trinajstić information content (AvgIpc) is 3.75. The molecule has 6 heterocycles. The molecule has 9 atom stereocenters. The van der Waals surface area contributed by atoms with Gasteiger partial charge in [-0.2, -0.15) is 4.98 Å². The van der Waals surface area contributed by atoms with Crippen molar-refractivity contribution in [2.45, 2.75) is 49.1 Å². The Hall–Kier alpha value is -3.21. The van der Waals surface area contributed by atoms with Gasteiger partial charge < -0.3 is 50.0 Å². The van der Waals surface area contributed by atoms with Crippen LogP contribution in [0.4, 0.5) is 11.8 Å². The topological polar surface area (TPSA) is 275 Å². The van der Waals surface area contributed by atoms with Gasteiger partial charge >= 0.3 is 6.72 Å². The van der Waals surface area contributed by atoms with Gasteiger partial charge in [0.25, 0.3) is 5.56 Å². The smallest absolute Gasteiger partial charge is 0.325 e. The summed E-state index contributed by atoms with van der Waals surface area (Å²) >= 11 is 5.27. The number of fused-ring (bicyclic) bond motifs is 2. The Bertz CT molecular complexity index is 1770. The van der Waals surface area contributed by atoms with Crippen molar-refractivity contribution in [3.8, 4) is 0 Å². The summed E-state index contributed by atoms with van der Waals surface area (Å²) in [5.41, 5.74) is 11.8. The standard InChI is InChI=1S/C22H29N10O10PS/c1-37-14-12(34)9(41-20(14)31-6-27-10-16(23)25-5-26-17(10)31)4-39-43(36,44)42-13-8(3-33)40-21(15(13)38-2)32-7-28-11-18(32)29-22(24)30-19(11)35/h5-9,12-15,20-21,33-34H,3-4H2,1-2H3,(H,36,44)(H2,23,25,26)(H3,24,29,30,35)/t8-,9-,12?,13?,14+,15+,20-,21-,43?/m1/s1. The third kappa shape index (κ3) is 5.35. The normalized spacial score (nSPS) is 30.4. The minimum atomic E-state index is -4.08. The van der Waals surface area contributed by atoms with Crippen molar-refractivity contribution in [2.75, 3.05) is 38.9 Å². The van der Waals surface area contributed by atoms with Gasteiger partial charge in [-0.3, -0.25) is 23.4 Å². The molecule has 22 heteroatoms. The van der Waals surface area contributed by atoms with E-state index in [0.717, 1.165) is 0 Å². The lowest BCUT2D eigenvalue weighted by atomic mass is 10.1. The summed E-state index contributed by atoms with van der Waals surface area (Å²) in [6.07, 6.45) is -4.18. The highest BCUT2D eigenvalue weighted by molar-refractivity contribution is 8.07. The molecule has 0 bridgehead atoms. The lowest BCUT2D eigenvalue weighted by Crippen LogP contribution is -2.37. The van der Waals surface area contributed by atoms with Crippen LogP contribution in [0.5, 0.6) is 0 Å². The zero-order chi connectivity index (χ0) is 31.3. The Morgan fingerprint density at radius 2 is 1.66 bits per heavy atom. The number of imidazole rings is 2. The van der Waals surface area contributed by atoms with Crippen LogP contribution in [-0.4, -0.2) is 118 Å². The largest absolute Gasteiger partial charge is 0.394 e. The summed E-state index contributed by atoms with van der Waals surface area (Å²) in [4.78, 5) is 46.2.